The van der Waals surface area contributed by atoms with Gasteiger partial charge in [-0.3, -0.25) is 0 Å². The fourth-order valence-corrected chi connectivity index (χ4v) is 11.3. The maximum Gasteiger partial charge on any atom is 2.00 e. The molecule has 614 valence electrons. The molecule has 2 saturated heterocycles. The van der Waals surface area contributed by atoms with Crippen molar-refractivity contribution in [3.05, 3.63) is 187 Å². The van der Waals surface area contributed by atoms with Crippen LogP contribution < -0.4 is 58.4 Å². The molecule has 8 N–H and O–H groups in total. The number of cyclic esters (lactones) is 2. The zero-order chi connectivity index (χ0) is 80.2. The predicted molar refractivity (Wildman–Crippen MR) is 445 cm³/mol. The monoisotopic (exact) mass is 1810 g/mol. The first-order valence-electron chi connectivity index (χ1n) is 37.1. The molecule has 0 radical (unpaired) electrons. The molecule has 0 unspecified atom stereocenters. The van der Waals surface area contributed by atoms with E-state index in [4.69, 9.17) is 122 Å². The molecule has 2 amide bonds. The number of aliphatic hydroxyl groups is 2. The molecule has 29 nitrogen and oxygen atoms in total. The normalized spacial score (nSPS) is 16.8. The molecule has 5 saturated carbocycles. The SMILES string of the molecule is CC[C@@H](CO)Nc1nc(Cl)nc(C2CC2)n1.CC[C@H](N)CO.CC[C@H]1COC(=O)N1c1nc(Cl)nc(C2CC2)n1.CC[C@H]1COC(=O)N1c1nc(N[C@@H](C)c2ccc(Oc3ccccc3)cc2)nc(C2CC2)n1.C[C@H](N)c1ccc(Oc2ccccc2)cc1.Cl.Clc1nc(Cl)nc(C2CC2)n1.Clc1nc(Cl)nc(Cl)n1.[Br-].[CH-]1CC1.[Mg+2]. The molecule has 5 aromatic heterocycles. The Hall–Kier alpha value is -6.92. The number of aliphatic hydroxyl groups excluding tert-OH is 2. The van der Waals surface area contributed by atoms with Gasteiger partial charge in [0.1, 0.15) is 59.5 Å². The van der Waals surface area contributed by atoms with E-state index in [9.17, 15) is 9.59 Å². The number of halogens is 9. The topological polar surface area (TPSA) is 387 Å². The minimum atomic E-state index is -0.411. The average Bonchev–Trinajstić information content (AvgIpc) is 1.67. The average molecular weight is 1820 g/mol. The maximum atomic E-state index is 12.3. The summed E-state index contributed by atoms with van der Waals surface area (Å²) >= 11 is 38.8. The number of amides is 2. The van der Waals surface area contributed by atoms with Crippen LogP contribution in [0.4, 0.5) is 33.4 Å². The van der Waals surface area contributed by atoms with Crippen LogP contribution in [0, 0.1) is 6.42 Å². The summed E-state index contributed by atoms with van der Waals surface area (Å²) < 4.78 is 21.8. The molecule has 7 aliphatic rings. The van der Waals surface area contributed by atoms with Crippen LogP contribution in [-0.4, -0.2) is 171 Å². The summed E-state index contributed by atoms with van der Waals surface area (Å²) in [6, 6.07) is 35.1. The van der Waals surface area contributed by atoms with Gasteiger partial charge in [0, 0.05) is 35.8 Å². The van der Waals surface area contributed by atoms with Crippen molar-refractivity contribution in [2.75, 3.05) is 46.9 Å². The van der Waals surface area contributed by atoms with Crippen molar-refractivity contribution in [3.8, 4) is 23.0 Å². The summed E-state index contributed by atoms with van der Waals surface area (Å²) in [7, 11) is 0. The molecule has 7 fully saturated rings. The molecule has 7 heterocycles. The van der Waals surface area contributed by atoms with E-state index < -0.39 is 12.2 Å². The molecular weight excluding hydrogens is 1720 g/mol. The van der Waals surface area contributed by atoms with Crippen LogP contribution in [0.3, 0.4) is 0 Å². The molecule has 0 bridgehead atoms. The number of hydrogen-bond donors (Lipinski definition) is 6. The third-order valence-corrected chi connectivity index (χ3v) is 18.5. The molecule has 9 aromatic rings. The number of hydrogen-bond acceptors (Lipinski definition) is 27. The fraction of sp³-hybridized carbons (Fsp3) is 0.447. The van der Waals surface area contributed by atoms with E-state index in [0.717, 1.165) is 129 Å². The van der Waals surface area contributed by atoms with E-state index in [1.807, 2.05) is 151 Å². The second-order valence-electron chi connectivity index (χ2n) is 26.6. The molecule has 39 heteroatoms. The minimum absolute atomic E-state index is 0. The number of para-hydroxylation sites is 2. The van der Waals surface area contributed by atoms with E-state index in [0.29, 0.717) is 66.5 Å². The van der Waals surface area contributed by atoms with Gasteiger partial charge in [-0.2, -0.15) is 54.8 Å². The summed E-state index contributed by atoms with van der Waals surface area (Å²) in [5.41, 5.74) is 13.2. The third-order valence-electron chi connectivity index (χ3n) is 17.3. The fourth-order valence-electron chi connectivity index (χ4n) is 9.98. The summed E-state index contributed by atoms with van der Waals surface area (Å²) in [5.74, 6) is 9.35. The van der Waals surface area contributed by atoms with E-state index in [-0.39, 0.29) is 139 Å². The number of nitrogens with one attached hydrogen (secondary N) is 2. The first kappa shape index (κ1) is 96.9. The maximum absolute atomic E-state index is 12.3. The Bertz CT molecular complexity index is 4360. The Kier molecular flexibility index (Phi) is 41.7. The molecule has 0 spiro atoms. The first-order valence-corrected chi connectivity index (χ1v) is 39.7. The van der Waals surface area contributed by atoms with Crippen molar-refractivity contribution in [1.29, 1.82) is 0 Å². The summed E-state index contributed by atoms with van der Waals surface area (Å²) in [4.78, 5) is 87.7. The van der Waals surface area contributed by atoms with Crippen molar-refractivity contribution in [2.45, 2.75) is 191 Å². The number of nitrogens with zero attached hydrogens (tertiary/aromatic N) is 17. The molecule has 6 atom stereocenters. The summed E-state index contributed by atoms with van der Waals surface area (Å²) in [6.45, 7) is 12.8. The van der Waals surface area contributed by atoms with Crippen LogP contribution in [0.2, 0.25) is 37.0 Å². The van der Waals surface area contributed by atoms with E-state index in [1.54, 1.807) is 4.90 Å². The van der Waals surface area contributed by atoms with Crippen LogP contribution in [0.5, 0.6) is 23.0 Å². The summed E-state index contributed by atoms with van der Waals surface area (Å²) in [6.07, 6.45) is 16.2. The van der Waals surface area contributed by atoms with Crippen LogP contribution in [0.15, 0.2) is 109 Å². The molecule has 115 heavy (non-hydrogen) atoms. The van der Waals surface area contributed by atoms with Gasteiger partial charge >= 0.3 is 35.2 Å². The molecular formula is C76H92BrCl8MgN21O8. The molecule has 16 rings (SSSR count). The Balaban J connectivity index is 0.000000218. The van der Waals surface area contributed by atoms with Gasteiger partial charge in [0.2, 0.25) is 60.8 Å². The van der Waals surface area contributed by atoms with Gasteiger partial charge in [0.05, 0.1) is 37.4 Å². The quantitative estimate of drug-likeness (QED) is 0.0271. The van der Waals surface area contributed by atoms with Gasteiger partial charge in [-0.15, -0.1) is 12.4 Å². The standard InChI is InChI=1S/C25H27N5O3.C14H15NO.C11H13ClN4O2.C10H15ClN4O.C6H5Cl2N3.C4H11NO.C3Cl3N3.C3H5.BrH.ClH.Mg/c1-3-19-15-32-25(31)30(19)24-28-22(18-9-10-18)27-23(29-24)26-16(2)17-11-13-21(14-12-17)33-20-7-5-4-6-8-20;1-11(15)12-7-9-14(10-8-12)16-13-5-3-2-4-6-13;1-2-7-5-18-11(17)16(7)10-14-8(6-3-4-6)13-9(12)15-10;1-2-7(5-16)12-10-14-8(6-3-4-6)13-9(11)15-10;7-5-9-4(3-1-2-3)10-6(8)11-5;1-2-4(5)3-6;4-1-7-2(5)9-3(6)8-1;1-2-3-1;;;/h4-8,11-14,16,18-19H,3,9-10,15H2,1-2H3,(H,26,27,28,29);2-11H,15H2,1H3;6-7H,2-5H2,1H3;6-7,16H,2-5H2,1H3,(H,12,13,14,15);3H,1-2H2;4,6H,2-3,5H2,1H3;;1H,2-3H2;2*1H;/q;;;;;;;-1;;;+2/p-1/t16-,19-;11-;2*7-;;4-;;;;;/m0000.0...../s1. The van der Waals surface area contributed by atoms with Crippen molar-refractivity contribution in [2.24, 2.45) is 11.5 Å². The van der Waals surface area contributed by atoms with Crippen LogP contribution in [0.25, 0.3) is 0 Å². The van der Waals surface area contributed by atoms with Crippen molar-refractivity contribution < 1.29 is 55.7 Å². The number of aromatic nitrogens is 15. The zero-order valence-electron chi connectivity index (χ0n) is 64.2. The van der Waals surface area contributed by atoms with Gasteiger partial charge in [-0.25, -0.2) is 52.2 Å². The van der Waals surface area contributed by atoms with Gasteiger partial charge in [-0.1, -0.05) is 88.4 Å². The Labute approximate surface area is 736 Å². The van der Waals surface area contributed by atoms with Crippen LogP contribution in [0.1, 0.15) is 202 Å². The van der Waals surface area contributed by atoms with Crippen LogP contribution >= 0.6 is 93.6 Å². The second-order valence-corrected chi connectivity index (χ2v) is 29.0. The summed E-state index contributed by atoms with van der Waals surface area (Å²) in [5, 5.41) is 24.4. The smallest absolute Gasteiger partial charge is 1.00 e. The molecule has 5 aliphatic carbocycles. The second kappa shape index (κ2) is 49.5. The number of carbonyl (C=O) groups is 2. The van der Waals surface area contributed by atoms with Crippen molar-refractivity contribution in [3.63, 3.8) is 0 Å². The van der Waals surface area contributed by atoms with Gasteiger partial charge in [0.25, 0.3) is 0 Å². The third kappa shape index (κ3) is 33.4. The predicted octanol–water partition coefficient (Wildman–Crippen LogP) is 14.3. The van der Waals surface area contributed by atoms with Crippen molar-refractivity contribution >= 4 is 153 Å². The van der Waals surface area contributed by atoms with E-state index in [1.165, 1.54) is 17.7 Å². The van der Waals surface area contributed by atoms with Gasteiger partial charge in [0.15, 0.2) is 0 Å². The number of carbonyl (C=O) groups excluding carboxylic acids is 2. The molecule has 4 aromatic carbocycles. The zero-order valence-corrected chi connectivity index (χ0v) is 73.3. The Morgan fingerprint density at radius 1 is 0.461 bits per heavy atom. The largest absolute Gasteiger partial charge is 2.00 e. The first-order chi connectivity index (χ1) is 54.0. The van der Waals surface area contributed by atoms with Gasteiger partial charge in [-0.05, 0) is 232 Å². The number of nitrogens with two attached hydrogens (primary N) is 2. The number of rotatable bonds is 22. The number of benzene rings is 4. The number of anilines is 4. The van der Waals surface area contributed by atoms with Crippen molar-refractivity contribution in [1.82, 2.24) is 74.8 Å². The van der Waals surface area contributed by atoms with E-state index >= 15 is 0 Å². The van der Waals surface area contributed by atoms with E-state index in [2.05, 4.69) is 91.8 Å². The Morgan fingerprint density at radius 2 is 0.800 bits per heavy atom. The molecule has 2 aliphatic heterocycles. The minimum Gasteiger partial charge on any atom is -1.00 e. The van der Waals surface area contributed by atoms with Crippen LogP contribution in [-0.2, 0) is 9.47 Å². The Morgan fingerprint density at radius 3 is 1.15 bits per heavy atom. The van der Waals surface area contributed by atoms with Gasteiger partial charge < -0.3 is 74.7 Å². The number of ether oxygens (including phenoxy) is 4.